The van der Waals surface area contributed by atoms with E-state index in [-0.39, 0.29) is 5.91 Å². The highest BCUT2D eigenvalue weighted by Crippen LogP contribution is 2.15. The van der Waals surface area contributed by atoms with Crippen LogP contribution in [0, 0.1) is 0 Å². The van der Waals surface area contributed by atoms with Crippen molar-refractivity contribution in [3.8, 4) is 0 Å². The first-order chi connectivity index (χ1) is 10.2. The molecule has 110 valence electrons. The lowest BCUT2D eigenvalue weighted by Gasteiger charge is -2.07. The van der Waals surface area contributed by atoms with Gasteiger partial charge in [0, 0.05) is 28.4 Å². The van der Waals surface area contributed by atoms with Crippen LogP contribution in [0.2, 0.25) is 5.02 Å². The van der Waals surface area contributed by atoms with Crippen molar-refractivity contribution >= 4 is 33.4 Å². The average Bonchev–Trinajstić information content (AvgIpc) is 2.48. The van der Waals surface area contributed by atoms with E-state index in [0.717, 1.165) is 10.0 Å². The van der Waals surface area contributed by atoms with Crippen molar-refractivity contribution in [1.29, 1.82) is 0 Å². The molecule has 0 saturated heterocycles. The van der Waals surface area contributed by atoms with Crippen molar-refractivity contribution in [2.45, 2.75) is 6.61 Å². The van der Waals surface area contributed by atoms with Gasteiger partial charge in [0.2, 0.25) is 0 Å². The van der Waals surface area contributed by atoms with Gasteiger partial charge in [-0.25, -0.2) is 0 Å². The monoisotopic (exact) mass is 368 g/mol. The van der Waals surface area contributed by atoms with Gasteiger partial charge < -0.3 is 10.1 Å². The predicted octanol–water partition coefficient (Wildman–Crippen LogP) is 3.44. The molecule has 6 heteroatoms. The fourth-order valence-electron chi connectivity index (χ4n) is 1.67. The second-order valence-corrected chi connectivity index (χ2v) is 5.61. The minimum absolute atomic E-state index is 0.176. The molecule has 1 aromatic heterocycles. The van der Waals surface area contributed by atoms with E-state index in [1.807, 2.05) is 24.3 Å². The maximum absolute atomic E-state index is 11.8. The van der Waals surface area contributed by atoms with Gasteiger partial charge in [-0.1, -0.05) is 29.8 Å². The van der Waals surface area contributed by atoms with E-state index < -0.39 is 0 Å². The fourth-order valence-corrected chi connectivity index (χ4v) is 2.23. The molecule has 0 bridgehead atoms. The van der Waals surface area contributed by atoms with E-state index >= 15 is 0 Å². The van der Waals surface area contributed by atoms with Gasteiger partial charge in [-0.05, 0) is 33.6 Å². The molecule has 1 amide bonds. The molecule has 1 aromatic carbocycles. The molecule has 1 heterocycles. The molecule has 2 rings (SSSR count). The highest BCUT2D eigenvalue weighted by Gasteiger charge is 2.05. The van der Waals surface area contributed by atoms with Gasteiger partial charge in [0.25, 0.3) is 5.91 Å². The lowest BCUT2D eigenvalue weighted by molar-refractivity contribution is 0.0900. The Kier molecular flexibility index (Phi) is 6.17. The molecule has 1 N–H and O–H groups in total. The summed E-state index contributed by atoms with van der Waals surface area (Å²) in [5, 5.41) is 3.45. The van der Waals surface area contributed by atoms with Crippen LogP contribution in [0.15, 0.2) is 47.2 Å². The van der Waals surface area contributed by atoms with Crippen LogP contribution in [0.4, 0.5) is 0 Å². The average molecular weight is 370 g/mol. The number of hydrogen-bond donors (Lipinski definition) is 1. The molecule has 2 aromatic rings. The number of benzene rings is 1. The first-order valence-electron chi connectivity index (χ1n) is 6.36. The number of carbonyl (C=O) groups excluding carboxylic acids is 1. The zero-order valence-corrected chi connectivity index (χ0v) is 13.5. The Morgan fingerprint density at radius 3 is 2.90 bits per heavy atom. The molecule has 0 atom stereocenters. The van der Waals surface area contributed by atoms with Gasteiger partial charge in [-0.3, -0.25) is 9.78 Å². The quantitative estimate of drug-likeness (QED) is 0.794. The van der Waals surface area contributed by atoms with Crippen LogP contribution in [0.5, 0.6) is 0 Å². The molecule has 0 radical (unpaired) electrons. The highest BCUT2D eigenvalue weighted by molar-refractivity contribution is 9.10. The summed E-state index contributed by atoms with van der Waals surface area (Å²) in [5.41, 5.74) is 1.44. The Morgan fingerprint density at radius 1 is 1.33 bits per heavy atom. The van der Waals surface area contributed by atoms with E-state index in [0.29, 0.717) is 30.3 Å². The van der Waals surface area contributed by atoms with Crippen molar-refractivity contribution in [2.75, 3.05) is 13.2 Å². The summed E-state index contributed by atoms with van der Waals surface area (Å²) in [6.45, 7) is 1.27. The summed E-state index contributed by atoms with van der Waals surface area (Å²) >= 11 is 9.30. The SMILES string of the molecule is O=C(NCCOCc1ccccc1Cl)c1cncc(Br)c1. The summed E-state index contributed by atoms with van der Waals surface area (Å²) in [5.74, 6) is -0.176. The smallest absolute Gasteiger partial charge is 0.252 e. The van der Waals surface area contributed by atoms with E-state index in [9.17, 15) is 4.79 Å². The molecule has 0 aliphatic carbocycles. The van der Waals surface area contributed by atoms with E-state index in [1.165, 1.54) is 6.20 Å². The number of aromatic nitrogens is 1. The van der Waals surface area contributed by atoms with Gasteiger partial charge in [0.05, 0.1) is 18.8 Å². The highest BCUT2D eigenvalue weighted by atomic mass is 79.9. The minimum atomic E-state index is -0.176. The molecular formula is C15H14BrClN2O2. The van der Waals surface area contributed by atoms with Crippen molar-refractivity contribution in [1.82, 2.24) is 10.3 Å². The number of halogens is 2. The number of ether oxygens (including phenoxy) is 1. The Balaban J connectivity index is 1.70. The second kappa shape index (κ2) is 8.12. The number of carbonyl (C=O) groups is 1. The fraction of sp³-hybridized carbons (Fsp3) is 0.200. The number of hydrogen-bond acceptors (Lipinski definition) is 3. The number of nitrogens with one attached hydrogen (secondary N) is 1. The van der Waals surface area contributed by atoms with E-state index in [2.05, 4.69) is 26.2 Å². The first-order valence-corrected chi connectivity index (χ1v) is 7.54. The van der Waals surface area contributed by atoms with E-state index in [1.54, 1.807) is 12.3 Å². The zero-order valence-electron chi connectivity index (χ0n) is 11.2. The number of nitrogens with zero attached hydrogens (tertiary/aromatic N) is 1. The zero-order chi connectivity index (χ0) is 15.1. The van der Waals surface area contributed by atoms with Crippen LogP contribution in [-0.4, -0.2) is 24.0 Å². The van der Waals surface area contributed by atoms with Gasteiger partial charge in [0.15, 0.2) is 0 Å². The van der Waals surface area contributed by atoms with Gasteiger partial charge >= 0.3 is 0 Å². The Morgan fingerprint density at radius 2 is 2.14 bits per heavy atom. The Hall–Kier alpha value is -1.43. The van der Waals surface area contributed by atoms with Crippen molar-refractivity contribution in [3.63, 3.8) is 0 Å². The lowest BCUT2D eigenvalue weighted by Crippen LogP contribution is -2.27. The summed E-state index contributed by atoms with van der Waals surface area (Å²) < 4.78 is 6.26. The summed E-state index contributed by atoms with van der Waals surface area (Å²) in [7, 11) is 0. The maximum atomic E-state index is 11.8. The second-order valence-electron chi connectivity index (χ2n) is 4.29. The number of amides is 1. The van der Waals surface area contributed by atoms with Crippen molar-refractivity contribution < 1.29 is 9.53 Å². The van der Waals surface area contributed by atoms with E-state index in [4.69, 9.17) is 16.3 Å². The number of pyridine rings is 1. The third-order valence-corrected chi connectivity index (χ3v) is 3.52. The van der Waals surface area contributed by atoms with Crippen LogP contribution < -0.4 is 5.32 Å². The van der Waals surface area contributed by atoms with Gasteiger partial charge in [-0.15, -0.1) is 0 Å². The Bertz CT molecular complexity index is 622. The molecule has 0 aliphatic rings. The minimum Gasteiger partial charge on any atom is -0.375 e. The molecule has 4 nitrogen and oxygen atoms in total. The summed E-state index contributed by atoms with van der Waals surface area (Å²) in [4.78, 5) is 15.8. The van der Waals surface area contributed by atoms with Crippen LogP contribution >= 0.6 is 27.5 Å². The lowest BCUT2D eigenvalue weighted by atomic mass is 10.2. The first kappa shape index (κ1) is 15.9. The van der Waals surface area contributed by atoms with Crippen LogP contribution in [0.1, 0.15) is 15.9 Å². The molecule has 0 spiro atoms. The summed E-state index contributed by atoms with van der Waals surface area (Å²) in [6.07, 6.45) is 3.15. The molecule has 0 fully saturated rings. The van der Waals surface area contributed by atoms with Crippen molar-refractivity contribution in [3.05, 3.63) is 63.3 Å². The molecule has 0 unspecified atom stereocenters. The van der Waals surface area contributed by atoms with Gasteiger partial charge in [0.1, 0.15) is 0 Å². The Labute approximate surface area is 136 Å². The third kappa shape index (κ3) is 5.12. The number of rotatable bonds is 6. The normalized spacial score (nSPS) is 10.4. The molecule has 0 aliphatic heterocycles. The topological polar surface area (TPSA) is 51.2 Å². The van der Waals surface area contributed by atoms with Crippen LogP contribution in [0.3, 0.4) is 0 Å². The molecular weight excluding hydrogens is 356 g/mol. The third-order valence-electron chi connectivity index (χ3n) is 2.71. The molecule has 21 heavy (non-hydrogen) atoms. The van der Waals surface area contributed by atoms with Crippen LogP contribution in [0.25, 0.3) is 0 Å². The van der Waals surface area contributed by atoms with Crippen molar-refractivity contribution in [2.24, 2.45) is 0 Å². The maximum Gasteiger partial charge on any atom is 0.252 e. The van der Waals surface area contributed by atoms with Crippen LogP contribution in [-0.2, 0) is 11.3 Å². The van der Waals surface area contributed by atoms with Gasteiger partial charge in [-0.2, -0.15) is 0 Å². The standard InChI is InChI=1S/C15H14BrClN2O2/c16-13-7-12(8-18-9-13)15(20)19-5-6-21-10-11-3-1-2-4-14(11)17/h1-4,7-9H,5-6,10H2,(H,19,20). The summed E-state index contributed by atoms with van der Waals surface area (Å²) in [6, 6.07) is 9.23. The predicted molar refractivity (Wildman–Crippen MR) is 85.4 cm³/mol. The largest absolute Gasteiger partial charge is 0.375 e. The molecule has 0 saturated carbocycles.